The van der Waals surface area contributed by atoms with Crippen LogP contribution in [0.4, 0.5) is 5.69 Å². The highest BCUT2D eigenvalue weighted by atomic mass is 35.5. The highest BCUT2D eigenvalue weighted by molar-refractivity contribution is 6.38. The summed E-state index contributed by atoms with van der Waals surface area (Å²) in [4.78, 5) is 23.3. The molecule has 1 saturated heterocycles. The normalized spacial score (nSPS) is 23.4. The Balaban J connectivity index is 1.50. The highest BCUT2D eigenvalue weighted by Crippen LogP contribution is 2.49. The zero-order valence-corrected chi connectivity index (χ0v) is 21.1. The summed E-state index contributed by atoms with van der Waals surface area (Å²) in [7, 11) is 0. The number of amides is 1. The summed E-state index contributed by atoms with van der Waals surface area (Å²) in [6.07, 6.45) is 2.50. The number of benzene rings is 2. The Bertz CT molecular complexity index is 1530. The van der Waals surface area contributed by atoms with Gasteiger partial charge in [0.25, 0.3) is 5.91 Å². The van der Waals surface area contributed by atoms with Gasteiger partial charge in [0.2, 0.25) is 12.1 Å². The zero-order chi connectivity index (χ0) is 25.0. The third kappa shape index (κ3) is 3.50. The number of ether oxygens (including phenoxy) is 1. The SMILES string of the molecule is CC1(N2N=C(c3ccncc3)OC2c2cc3ccccc3nc2Cl)C(Cl)C(=O)N1c1cccc(Cl)c1. The minimum Gasteiger partial charge on any atom is -0.446 e. The standard InChI is InChI=1S/C26H18Cl3N5O2/c1-26(21(28)24(35)33(26)18-7-4-6-17(27)14-18)34-25(36-23(32-34)15-9-11-30-12-10-15)19-13-16-5-2-3-8-20(16)31-22(19)29/h2-14,21,25H,1H3. The van der Waals surface area contributed by atoms with E-state index in [9.17, 15) is 4.79 Å². The van der Waals surface area contributed by atoms with E-state index < -0.39 is 17.3 Å². The number of alkyl halides is 1. The Morgan fingerprint density at radius 1 is 1.00 bits per heavy atom. The zero-order valence-electron chi connectivity index (χ0n) is 18.8. The molecule has 1 fully saturated rings. The first-order chi connectivity index (χ1) is 17.4. The summed E-state index contributed by atoms with van der Waals surface area (Å²) in [6.45, 7) is 1.84. The molecule has 0 saturated carbocycles. The molecular weight excluding hydrogens is 521 g/mol. The number of nitrogens with zero attached hydrogens (tertiary/aromatic N) is 5. The van der Waals surface area contributed by atoms with Gasteiger partial charge < -0.3 is 4.74 Å². The molecule has 0 N–H and O–H groups in total. The van der Waals surface area contributed by atoms with Crippen LogP contribution in [0.2, 0.25) is 10.2 Å². The van der Waals surface area contributed by atoms with Gasteiger partial charge >= 0.3 is 0 Å². The molecule has 180 valence electrons. The van der Waals surface area contributed by atoms with Crippen LogP contribution in [0, 0.1) is 0 Å². The molecular formula is C26H18Cl3N5O2. The number of hydrogen-bond donors (Lipinski definition) is 0. The number of para-hydroxylation sites is 1. The number of halogens is 3. The molecule has 36 heavy (non-hydrogen) atoms. The molecule has 4 aromatic rings. The molecule has 10 heteroatoms. The molecule has 2 aliphatic heterocycles. The van der Waals surface area contributed by atoms with Crippen molar-refractivity contribution in [2.45, 2.75) is 24.2 Å². The molecule has 2 aromatic carbocycles. The van der Waals surface area contributed by atoms with Gasteiger partial charge in [0.05, 0.1) is 11.1 Å². The summed E-state index contributed by atoms with van der Waals surface area (Å²) >= 11 is 19.6. The second-order valence-electron chi connectivity index (χ2n) is 8.63. The minimum atomic E-state index is -1.10. The molecule has 7 nitrogen and oxygen atoms in total. The molecule has 0 spiro atoms. The van der Waals surface area contributed by atoms with Crippen molar-refractivity contribution in [2.24, 2.45) is 5.10 Å². The number of β-lactam (4-membered cyclic amide) rings is 1. The largest absolute Gasteiger partial charge is 0.446 e. The van der Waals surface area contributed by atoms with Gasteiger partial charge in [0.1, 0.15) is 5.15 Å². The first-order valence-electron chi connectivity index (χ1n) is 11.1. The summed E-state index contributed by atoms with van der Waals surface area (Å²) in [6, 6.07) is 20.2. The molecule has 2 aliphatic rings. The first kappa shape index (κ1) is 23.0. The van der Waals surface area contributed by atoms with Crippen LogP contribution in [0.3, 0.4) is 0 Å². The Kier molecular flexibility index (Phi) is 5.52. The van der Waals surface area contributed by atoms with E-state index in [0.717, 1.165) is 16.5 Å². The van der Waals surface area contributed by atoms with Crippen LogP contribution >= 0.6 is 34.8 Å². The topological polar surface area (TPSA) is 70.9 Å². The van der Waals surface area contributed by atoms with Gasteiger partial charge in [-0.05, 0) is 49.4 Å². The van der Waals surface area contributed by atoms with Crippen LogP contribution in [-0.2, 0) is 9.53 Å². The molecule has 4 heterocycles. The number of carbonyl (C=O) groups excluding carboxylic acids is 1. The van der Waals surface area contributed by atoms with Gasteiger partial charge in [-0.25, -0.2) is 9.99 Å². The third-order valence-corrected chi connectivity index (χ3v) is 7.58. The van der Waals surface area contributed by atoms with Crippen LogP contribution in [0.5, 0.6) is 0 Å². The van der Waals surface area contributed by atoms with Crippen molar-refractivity contribution in [2.75, 3.05) is 4.90 Å². The predicted molar refractivity (Wildman–Crippen MR) is 140 cm³/mol. The van der Waals surface area contributed by atoms with Crippen molar-refractivity contribution in [1.82, 2.24) is 15.0 Å². The number of aromatic nitrogens is 2. The number of pyridine rings is 2. The highest BCUT2D eigenvalue weighted by Gasteiger charge is 2.64. The van der Waals surface area contributed by atoms with Crippen molar-refractivity contribution in [3.8, 4) is 0 Å². The van der Waals surface area contributed by atoms with E-state index >= 15 is 0 Å². The lowest BCUT2D eigenvalue weighted by molar-refractivity contribution is -0.138. The van der Waals surface area contributed by atoms with E-state index in [1.165, 1.54) is 0 Å². The van der Waals surface area contributed by atoms with E-state index in [4.69, 9.17) is 44.6 Å². The van der Waals surface area contributed by atoms with Crippen molar-refractivity contribution < 1.29 is 9.53 Å². The van der Waals surface area contributed by atoms with Crippen molar-refractivity contribution in [1.29, 1.82) is 0 Å². The Labute approximate surface area is 221 Å². The number of anilines is 1. The Hall–Kier alpha value is -3.39. The van der Waals surface area contributed by atoms with E-state index in [0.29, 0.717) is 22.2 Å². The van der Waals surface area contributed by atoms with Crippen LogP contribution in [0.25, 0.3) is 10.9 Å². The molecule has 0 bridgehead atoms. The summed E-state index contributed by atoms with van der Waals surface area (Å²) < 4.78 is 6.39. The van der Waals surface area contributed by atoms with Gasteiger partial charge in [-0.2, -0.15) is 0 Å². The fourth-order valence-corrected chi connectivity index (χ4v) is 5.32. The molecule has 0 aliphatic carbocycles. The van der Waals surface area contributed by atoms with Crippen LogP contribution in [0.15, 0.2) is 84.2 Å². The van der Waals surface area contributed by atoms with E-state index in [2.05, 4.69) is 9.97 Å². The number of carbonyl (C=O) groups is 1. The van der Waals surface area contributed by atoms with Crippen LogP contribution in [-0.4, -0.2) is 37.8 Å². The first-order valence-corrected chi connectivity index (χ1v) is 12.3. The van der Waals surface area contributed by atoms with Gasteiger partial charge in [-0.3, -0.25) is 14.7 Å². The smallest absolute Gasteiger partial charge is 0.251 e. The molecule has 3 unspecified atom stereocenters. The maximum absolute atomic E-state index is 13.1. The molecule has 2 aromatic heterocycles. The Morgan fingerprint density at radius 2 is 1.78 bits per heavy atom. The van der Waals surface area contributed by atoms with E-state index in [1.54, 1.807) is 58.7 Å². The molecule has 6 rings (SSSR count). The quantitative estimate of drug-likeness (QED) is 0.181. The molecule has 1 amide bonds. The van der Waals surface area contributed by atoms with Gasteiger partial charge in [-0.1, -0.05) is 47.5 Å². The van der Waals surface area contributed by atoms with Crippen LogP contribution < -0.4 is 4.90 Å². The van der Waals surface area contributed by atoms with Crippen LogP contribution in [0.1, 0.15) is 24.3 Å². The van der Waals surface area contributed by atoms with Gasteiger partial charge in [-0.15, -0.1) is 16.7 Å². The number of fused-ring (bicyclic) bond motifs is 1. The van der Waals surface area contributed by atoms with E-state index in [1.807, 2.05) is 37.3 Å². The second kappa shape index (κ2) is 8.62. The van der Waals surface area contributed by atoms with Gasteiger partial charge in [0.15, 0.2) is 11.0 Å². The lowest BCUT2D eigenvalue weighted by Gasteiger charge is -2.56. The average molecular weight is 539 g/mol. The average Bonchev–Trinajstić information content (AvgIpc) is 3.34. The summed E-state index contributed by atoms with van der Waals surface area (Å²) in [5.74, 6) is 0.0811. The Morgan fingerprint density at radius 3 is 2.56 bits per heavy atom. The summed E-state index contributed by atoms with van der Waals surface area (Å²) in [5.41, 5.74) is 1.57. The van der Waals surface area contributed by atoms with Crippen molar-refractivity contribution in [3.05, 3.63) is 100 Å². The predicted octanol–water partition coefficient (Wildman–Crippen LogP) is 6.00. The van der Waals surface area contributed by atoms with E-state index in [-0.39, 0.29) is 11.1 Å². The lowest BCUT2D eigenvalue weighted by atomic mass is 9.91. The number of rotatable bonds is 4. The van der Waals surface area contributed by atoms with Gasteiger partial charge in [0, 0.05) is 34.1 Å². The third-order valence-electron chi connectivity index (χ3n) is 6.44. The lowest BCUT2D eigenvalue weighted by Crippen LogP contribution is -2.77. The minimum absolute atomic E-state index is 0.268. The maximum atomic E-state index is 13.1. The number of hydrogen-bond acceptors (Lipinski definition) is 6. The molecule has 0 radical (unpaired) electrons. The van der Waals surface area contributed by atoms with Crippen molar-refractivity contribution in [3.63, 3.8) is 0 Å². The maximum Gasteiger partial charge on any atom is 0.251 e. The number of hydrazone groups is 1. The van der Waals surface area contributed by atoms with Crippen molar-refractivity contribution >= 4 is 63.2 Å². The fourth-order valence-electron chi connectivity index (χ4n) is 4.61. The second-order valence-corrected chi connectivity index (χ2v) is 9.86. The fraction of sp³-hybridized carbons (Fsp3) is 0.154. The molecule has 3 atom stereocenters. The summed E-state index contributed by atoms with van der Waals surface area (Å²) in [5, 5.41) is 7.25. The monoisotopic (exact) mass is 537 g/mol.